The van der Waals surface area contributed by atoms with Gasteiger partial charge < -0.3 is 5.32 Å². The van der Waals surface area contributed by atoms with Crippen LogP contribution in [0.25, 0.3) is 0 Å². The molecule has 2 nitrogen and oxygen atoms in total. The van der Waals surface area contributed by atoms with Crippen LogP contribution in [0, 0.1) is 0 Å². The second kappa shape index (κ2) is 7.11. The van der Waals surface area contributed by atoms with E-state index >= 15 is 0 Å². The molecule has 1 aliphatic rings. The first-order valence-electron chi connectivity index (χ1n) is 7.24. The van der Waals surface area contributed by atoms with E-state index in [0.717, 1.165) is 19.6 Å². The summed E-state index contributed by atoms with van der Waals surface area (Å²) in [4.78, 5) is 5.58. The van der Waals surface area contributed by atoms with E-state index in [1.165, 1.54) is 35.0 Å². The number of nitrogens with zero attached hydrogens (tertiary/aromatic N) is 1. The van der Waals surface area contributed by atoms with Crippen LogP contribution in [0.15, 0.2) is 12.1 Å². The summed E-state index contributed by atoms with van der Waals surface area (Å²) in [5.41, 5.74) is 0. The maximum Gasteiger partial charge on any atom is 0.0328 e. The predicted molar refractivity (Wildman–Crippen MR) is 88.1 cm³/mol. The Balaban J connectivity index is 1.82. The molecule has 0 aromatic carbocycles. The van der Waals surface area contributed by atoms with E-state index in [9.17, 15) is 0 Å². The average Bonchev–Trinajstić information content (AvgIpc) is 2.76. The highest BCUT2D eigenvalue weighted by atomic mass is 32.2. The maximum absolute atomic E-state index is 3.47. The van der Waals surface area contributed by atoms with Gasteiger partial charge in [0.1, 0.15) is 0 Å². The van der Waals surface area contributed by atoms with Gasteiger partial charge in [0.15, 0.2) is 0 Å². The summed E-state index contributed by atoms with van der Waals surface area (Å²) < 4.78 is 0.418. The number of thiophene rings is 1. The Labute approximate surface area is 126 Å². The van der Waals surface area contributed by atoms with Crippen LogP contribution in [0.3, 0.4) is 0 Å². The van der Waals surface area contributed by atoms with E-state index in [2.05, 4.69) is 54.9 Å². The van der Waals surface area contributed by atoms with Crippen molar-refractivity contribution in [2.45, 2.75) is 45.0 Å². The van der Waals surface area contributed by atoms with Crippen LogP contribution in [0.2, 0.25) is 0 Å². The SMILES string of the molecule is CCCNCc1ccc(CN2CCSC(C)(C)C2)s1. The molecule has 1 N–H and O–H groups in total. The van der Waals surface area contributed by atoms with Crippen LogP contribution in [0.5, 0.6) is 0 Å². The summed E-state index contributed by atoms with van der Waals surface area (Å²) in [6.07, 6.45) is 1.21. The van der Waals surface area contributed by atoms with Crippen molar-refractivity contribution >= 4 is 23.1 Å². The zero-order chi connectivity index (χ0) is 13.7. The monoisotopic (exact) mass is 298 g/mol. The normalized spacial score (nSPS) is 19.7. The minimum absolute atomic E-state index is 0.418. The van der Waals surface area contributed by atoms with Crippen molar-refractivity contribution in [1.82, 2.24) is 10.2 Å². The molecule has 19 heavy (non-hydrogen) atoms. The number of hydrogen-bond donors (Lipinski definition) is 1. The van der Waals surface area contributed by atoms with Crippen molar-refractivity contribution in [3.05, 3.63) is 21.9 Å². The Hall–Kier alpha value is -0.0300. The van der Waals surface area contributed by atoms with E-state index in [4.69, 9.17) is 0 Å². The first-order valence-corrected chi connectivity index (χ1v) is 9.04. The highest BCUT2D eigenvalue weighted by Gasteiger charge is 2.26. The molecule has 0 spiro atoms. The standard InChI is InChI=1S/C15H26N2S2/c1-4-7-16-10-13-5-6-14(19-13)11-17-8-9-18-15(2,3)12-17/h5-6,16H,4,7-12H2,1-3H3. The fourth-order valence-electron chi connectivity index (χ4n) is 2.46. The van der Waals surface area contributed by atoms with Crippen molar-refractivity contribution in [2.24, 2.45) is 0 Å². The van der Waals surface area contributed by atoms with Crippen molar-refractivity contribution in [2.75, 3.05) is 25.4 Å². The molecule has 1 aromatic rings. The zero-order valence-electron chi connectivity index (χ0n) is 12.4. The highest BCUT2D eigenvalue weighted by Crippen LogP contribution is 2.30. The van der Waals surface area contributed by atoms with Crippen LogP contribution < -0.4 is 5.32 Å². The lowest BCUT2D eigenvalue weighted by molar-refractivity contribution is 0.254. The van der Waals surface area contributed by atoms with Crippen molar-refractivity contribution < 1.29 is 0 Å². The molecular formula is C15H26N2S2. The molecule has 0 atom stereocenters. The largest absolute Gasteiger partial charge is 0.312 e. The van der Waals surface area contributed by atoms with Gasteiger partial charge in [-0.15, -0.1) is 11.3 Å². The third-order valence-corrected chi connectivity index (χ3v) is 5.69. The van der Waals surface area contributed by atoms with Gasteiger partial charge in [-0.3, -0.25) is 4.90 Å². The highest BCUT2D eigenvalue weighted by molar-refractivity contribution is 8.00. The first kappa shape index (κ1) is 15.4. The van der Waals surface area contributed by atoms with Crippen LogP contribution in [-0.2, 0) is 13.1 Å². The van der Waals surface area contributed by atoms with E-state index < -0.39 is 0 Å². The van der Waals surface area contributed by atoms with E-state index in [-0.39, 0.29) is 0 Å². The molecule has 0 unspecified atom stereocenters. The topological polar surface area (TPSA) is 15.3 Å². The lowest BCUT2D eigenvalue weighted by Crippen LogP contribution is -2.42. The maximum atomic E-state index is 3.47. The van der Waals surface area contributed by atoms with Crippen LogP contribution in [0.4, 0.5) is 0 Å². The lowest BCUT2D eigenvalue weighted by Gasteiger charge is -2.37. The summed E-state index contributed by atoms with van der Waals surface area (Å²) in [5.74, 6) is 1.27. The number of thioether (sulfide) groups is 1. The molecule has 2 heterocycles. The van der Waals surface area contributed by atoms with Gasteiger partial charge in [-0.05, 0) is 38.9 Å². The molecule has 4 heteroatoms. The minimum atomic E-state index is 0.418. The Morgan fingerprint density at radius 1 is 1.32 bits per heavy atom. The summed E-state index contributed by atoms with van der Waals surface area (Å²) in [5, 5.41) is 3.47. The molecule has 1 aliphatic heterocycles. The van der Waals surface area contributed by atoms with Gasteiger partial charge in [0.2, 0.25) is 0 Å². The molecule has 0 saturated carbocycles. The third-order valence-electron chi connectivity index (χ3n) is 3.33. The minimum Gasteiger partial charge on any atom is -0.312 e. The number of hydrogen-bond acceptors (Lipinski definition) is 4. The second-order valence-electron chi connectivity index (χ2n) is 5.86. The molecule has 0 amide bonds. The number of rotatable bonds is 6. The summed E-state index contributed by atoms with van der Waals surface area (Å²) in [6, 6.07) is 4.59. The molecule has 0 radical (unpaired) electrons. The van der Waals surface area contributed by atoms with Crippen molar-refractivity contribution in [3.8, 4) is 0 Å². The Bertz CT molecular complexity index is 387. The molecule has 1 aromatic heterocycles. The lowest BCUT2D eigenvalue weighted by atomic mass is 10.2. The fourth-order valence-corrected chi connectivity index (χ4v) is 4.67. The second-order valence-corrected chi connectivity index (χ2v) is 8.92. The van der Waals surface area contributed by atoms with Crippen LogP contribution in [0.1, 0.15) is 36.9 Å². The van der Waals surface area contributed by atoms with Gasteiger partial charge in [-0.2, -0.15) is 11.8 Å². The van der Waals surface area contributed by atoms with Gasteiger partial charge in [0.25, 0.3) is 0 Å². The van der Waals surface area contributed by atoms with Crippen LogP contribution in [-0.4, -0.2) is 35.0 Å². The molecular weight excluding hydrogens is 272 g/mol. The Morgan fingerprint density at radius 3 is 2.84 bits per heavy atom. The van der Waals surface area contributed by atoms with Gasteiger partial charge >= 0.3 is 0 Å². The molecule has 0 aliphatic carbocycles. The van der Waals surface area contributed by atoms with E-state index in [1.54, 1.807) is 0 Å². The summed E-state index contributed by atoms with van der Waals surface area (Å²) in [7, 11) is 0. The van der Waals surface area contributed by atoms with Gasteiger partial charge in [0, 0.05) is 46.4 Å². The van der Waals surface area contributed by atoms with Gasteiger partial charge in [-0.1, -0.05) is 6.92 Å². The van der Waals surface area contributed by atoms with E-state index in [1.807, 2.05) is 11.3 Å². The summed E-state index contributed by atoms with van der Waals surface area (Å²) in [6.45, 7) is 12.6. The Kier molecular flexibility index (Phi) is 5.75. The molecule has 1 fully saturated rings. The van der Waals surface area contributed by atoms with Crippen molar-refractivity contribution in [3.63, 3.8) is 0 Å². The number of nitrogens with one attached hydrogen (secondary N) is 1. The van der Waals surface area contributed by atoms with Gasteiger partial charge in [0.05, 0.1) is 0 Å². The third kappa shape index (κ3) is 5.10. The van der Waals surface area contributed by atoms with Crippen molar-refractivity contribution in [1.29, 1.82) is 0 Å². The quantitative estimate of drug-likeness (QED) is 0.808. The molecule has 2 rings (SSSR count). The first-order chi connectivity index (χ1) is 9.09. The van der Waals surface area contributed by atoms with E-state index in [0.29, 0.717) is 4.75 Å². The smallest absolute Gasteiger partial charge is 0.0328 e. The Morgan fingerprint density at radius 2 is 2.11 bits per heavy atom. The molecule has 1 saturated heterocycles. The van der Waals surface area contributed by atoms with Crippen LogP contribution >= 0.6 is 23.1 Å². The molecule has 0 bridgehead atoms. The average molecular weight is 299 g/mol. The fraction of sp³-hybridized carbons (Fsp3) is 0.733. The van der Waals surface area contributed by atoms with Gasteiger partial charge in [-0.25, -0.2) is 0 Å². The summed E-state index contributed by atoms with van der Waals surface area (Å²) >= 11 is 4.07. The zero-order valence-corrected chi connectivity index (χ0v) is 14.0. The molecule has 108 valence electrons. The predicted octanol–water partition coefficient (Wildman–Crippen LogP) is 3.58.